The Balaban J connectivity index is 1.54. The standard InChI is InChI=1S/C16H26N6O3S/c1-3-26(23,24)19-7-10-11-8-22(9-16(11)5-4-12(10)25-16)14-6-13(18-2)20-15(17)21-14/h6,10-12,19H,3-5,7-9H2,1-2H3,(H3,17,18,20,21)/t10-,11+,12+,16+/m0/s1. The van der Waals surface area contributed by atoms with Crippen LogP contribution in [0.25, 0.3) is 0 Å². The number of hydrogen-bond donors (Lipinski definition) is 3. The van der Waals surface area contributed by atoms with E-state index >= 15 is 0 Å². The number of rotatable bonds is 6. The number of anilines is 3. The molecule has 0 radical (unpaired) electrons. The van der Waals surface area contributed by atoms with Crippen LogP contribution < -0.4 is 20.7 Å². The van der Waals surface area contributed by atoms with E-state index in [0.29, 0.717) is 12.4 Å². The van der Waals surface area contributed by atoms with Crippen molar-refractivity contribution in [1.82, 2.24) is 14.7 Å². The van der Waals surface area contributed by atoms with E-state index in [2.05, 4.69) is 24.9 Å². The van der Waals surface area contributed by atoms with Gasteiger partial charge in [-0.25, -0.2) is 13.1 Å². The number of fused-ring (bicyclic) bond motifs is 1. The summed E-state index contributed by atoms with van der Waals surface area (Å²) in [6.45, 7) is 3.63. The highest BCUT2D eigenvalue weighted by molar-refractivity contribution is 7.89. The average molecular weight is 382 g/mol. The number of sulfonamides is 1. The van der Waals surface area contributed by atoms with Crippen LogP contribution in [0.2, 0.25) is 0 Å². The van der Waals surface area contributed by atoms with Gasteiger partial charge in [0.2, 0.25) is 16.0 Å². The van der Waals surface area contributed by atoms with Crippen LogP contribution in [0.4, 0.5) is 17.6 Å². The Labute approximate surface area is 153 Å². The molecule has 4 rings (SSSR count). The van der Waals surface area contributed by atoms with E-state index in [9.17, 15) is 8.42 Å². The monoisotopic (exact) mass is 382 g/mol. The van der Waals surface area contributed by atoms with Crippen LogP contribution in [-0.4, -0.2) is 62.5 Å². The zero-order chi connectivity index (χ0) is 18.5. The Hall–Kier alpha value is -1.65. The Morgan fingerprint density at radius 3 is 3.00 bits per heavy atom. The van der Waals surface area contributed by atoms with Gasteiger partial charge in [0.15, 0.2) is 0 Å². The lowest BCUT2D eigenvalue weighted by atomic mass is 9.74. The molecule has 9 nitrogen and oxygen atoms in total. The van der Waals surface area contributed by atoms with Gasteiger partial charge in [0.05, 0.1) is 17.5 Å². The molecule has 3 aliphatic heterocycles. The van der Waals surface area contributed by atoms with Gasteiger partial charge in [-0.2, -0.15) is 9.97 Å². The fourth-order valence-corrected chi connectivity index (χ4v) is 5.36. The molecule has 2 bridgehead atoms. The summed E-state index contributed by atoms with van der Waals surface area (Å²) in [5.74, 6) is 2.28. The van der Waals surface area contributed by atoms with E-state index in [1.807, 2.05) is 6.07 Å². The van der Waals surface area contributed by atoms with E-state index in [1.54, 1.807) is 14.0 Å². The van der Waals surface area contributed by atoms with Gasteiger partial charge in [-0.05, 0) is 19.8 Å². The Morgan fingerprint density at radius 2 is 2.27 bits per heavy atom. The van der Waals surface area contributed by atoms with Gasteiger partial charge >= 0.3 is 0 Å². The molecule has 0 aliphatic carbocycles. The predicted octanol–water partition coefficient (Wildman–Crippen LogP) is 0.0236. The van der Waals surface area contributed by atoms with E-state index in [0.717, 1.165) is 31.7 Å². The summed E-state index contributed by atoms with van der Waals surface area (Å²) in [6, 6.07) is 1.88. The van der Waals surface area contributed by atoms with Crippen molar-refractivity contribution in [1.29, 1.82) is 0 Å². The highest BCUT2D eigenvalue weighted by Gasteiger charge is 2.63. The second kappa shape index (κ2) is 6.21. The molecule has 3 fully saturated rings. The van der Waals surface area contributed by atoms with Crippen LogP contribution in [0, 0.1) is 11.8 Å². The van der Waals surface area contributed by atoms with Gasteiger partial charge in [-0.1, -0.05) is 0 Å². The van der Waals surface area contributed by atoms with Gasteiger partial charge in [0.1, 0.15) is 11.6 Å². The molecule has 0 amide bonds. The number of aromatic nitrogens is 2. The minimum atomic E-state index is -3.20. The molecule has 3 aliphatic rings. The molecule has 1 spiro atoms. The summed E-state index contributed by atoms with van der Waals surface area (Å²) < 4.78 is 32.8. The minimum Gasteiger partial charge on any atom is -0.373 e. The summed E-state index contributed by atoms with van der Waals surface area (Å²) in [5.41, 5.74) is 5.63. The Kier molecular flexibility index (Phi) is 4.24. The fraction of sp³-hybridized carbons (Fsp3) is 0.750. The quantitative estimate of drug-likeness (QED) is 0.629. The highest BCUT2D eigenvalue weighted by atomic mass is 32.2. The van der Waals surface area contributed by atoms with Crippen molar-refractivity contribution in [3.8, 4) is 0 Å². The smallest absolute Gasteiger partial charge is 0.223 e. The molecular formula is C16H26N6O3S. The normalized spacial score (nSPS) is 32.8. The molecule has 26 heavy (non-hydrogen) atoms. The van der Waals surface area contributed by atoms with Crippen molar-refractivity contribution in [3.63, 3.8) is 0 Å². The largest absolute Gasteiger partial charge is 0.373 e. The van der Waals surface area contributed by atoms with Crippen LogP contribution >= 0.6 is 0 Å². The lowest BCUT2D eigenvalue weighted by Crippen LogP contribution is -2.42. The topological polar surface area (TPSA) is 122 Å². The lowest BCUT2D eigenvalue weighted by molar-refractivity contribution is 0.0142. The van der Waals surface area contributed by atoms with Gasteiger partial charge in [0.25, 0.3) is 0 Å². The molecule has 4 N–H and O–H groups in total. The first-order chi connectivity index (χ1) is 12.4. The Bertz CT molecular complexity index is 803. The van der Waals surface area contributed by atoms with Crippen LogP contribution in [0.15, 0.2) is 6.07 Å². The van der Waals surface area contributed by atoms with Gasteiger partial charge in [-0.3, -0.25) is 0 Å². The second-order valence-corrected chi connectivity index (χ2v) is 9.48. The molecule has 0 unspecified atom stereocenters. The zero-order valence-electron chi connectivity index (χ0n) is 15.1. The molecule has 10 heteroatoms. The number of hydrogen-bond acceptors (Lipinski definition) is 8. The summed E-state index contributed by atoms with van der Waals surface area (Å²) in [6.07, 6.45) is 2.14. The SMILES string of the molecule is CCS(=O)(=O)NC[C@H]1[C@H]2CN(c3cc(NC)nc(N)n3)C[C@]23CC[C@H]1O3. The summed E-state index contributed by atoms with van der Waals surface area (Å²) >= 11 is 0. The number of nitrogens with zero attached hydrogens (tertiary/aromatic N) is 3. The summed E-state index contributed by atoms with van der Waals surface area (Å²) in [5, 5.41) is 3.00. The fourth-order valence-electron chi connectivity index (χ4n) is 4.71. The maximum absolute atomic E-state index is 11.8. The third-order valence-corrected chi connectivity index (χ3v) is 7.38. The minimum absolute atomic E-state index is 0.0974. The maximum atomic E-state index is 11.8. The molecular weight excluding hydrogens is 356 g/mol. The molecule has 3 saturated heterocycles. The van der Waals surface area contributed by atoms with Crippen molar-refractivity contribution >= 4 is 27.6 Å². The number of nitrogen functional groups attached to an aromatic ring is 1. The number of nitrogens with one attached hydrogen (secondary N) is 2. The van der Waals surface area contributed by atoms with E-state index in [-0.39, 0.29) is 35.2 Å². The van der Waals surface area contributed by atoms with E-state index in [4.69, 9.17) is 10.5 Å². The molecule has 1 aromatic heterocycles. The van der Waals surface area contributed by atoms with E-state index < -0.39 is 10.0 Å². The summed E-state index contributed by atoms with van der Waals surface area (Å²) in [7, 11) is -1.40. The molecule has 144 valence electrons. The van der Waals surface area contributed by atoms with Crippen LogP contribution in [-0.2, 0) is 14.8 Å². The highest BCUT2D eigenvalue weighted by Crippen LogP contribution is 2.55. The van der Waals surface area contributed by atoms with Crippen LogP contribution in [0.5, 0.6) is 0 Å². The number of nitrogens with two attached hydrogens (primary N) is 1. The van der Waals surface area contributed by atoms with Gasteiger partial charge < -0.3 is 20.7 Å². The van der Waals surface area contributed by atoms with Crippen molar-refractivity contribution in [2.24, 2.45) is 11.8 Å². The predicted molar refractivity (Wildman–Crippen MR) is 99.5 cm³/mol. The molecule has 0 saturated carbocycles. The molecule has 4 heterocycles. The van der Waals surface area contributed by atoms with Crippen LogP contribution in [0.1, 0.15) is 19.8 Å². The first kappa shape index (κ1) is 17.7. The van der Waals surface area contributed by atoms with Gasteiger partial charge in [-0.15, -0.1) is 0 Å². The van der Waals surface area contributed by atoms with Crippen molar-refractivity contribution in [2.45, 2.75) is 31.5 Å². The van der Waals surface area contributed by atoms with Crippen molar-refractivity contribution < 1.29 is 13.2 Å². The van der Waals surface area contributed by atoms with Crippen LogP contribution in [0.3, 0.4) is 0 Å². The molecule has 1 aromatic rings. The molecule has 4 atom stereocenters. The second-order valence-electron chi connectivity index (χ2n) is 7.38. The third kappa shape index (κ3) is 2.89. The summed E-state index contributed by atoms with van der Waals surface area (Å²) in [4.78, 5) is 10.7. The van der Waals surface area contributed by atoms with Gasteiger partial charge in [0, 0.05) is 44.6 Å². The zero-order valence-corrected chi connectivity index (χ0v) is 15.9. The maximum Gasteiger partial charge on any atom is 0.223 e. The van der Waals surface area contributed by atoms with Crippen molar-refractivity contribution in [2.75, 3.05) is 48.4 Å². The lowest BCUT2D eigenvalue weighted by Gasteiger charge is -2.29. The molecule has 0 aromatic carbocycles. The first-order valence-corrected chi connectivity index (χ1v) is 10.7. The third-order valence-electron chi connectivity index (χ3n) is 6.01. The van der Waals surface area contributed by atoms with Crippen molar-refractivity contribution in [3.05, 3.63) is 6.07 Å². The number of ether oxygens (including phenoxy) is 1. The Morgan fingerprint density at radius 1 is 1.46 bits per heavy atom. The first-order valence-electron chi connectivity index (χ1n) is 9.08. The van der Waals surface area contributed by atoms with E-state index in [1.165, 1.54) is 0 Å². The average Bonchev–Trinajstić information content (AvgIpc) is 3.27.